The Morgan fingerprint density at radius 2 is 0.364 bits per heavy atom. The van der Waals surface area contributed by atoms with Crippen molar-refractivity contribution in [3.05, 3.63) is 461 Å². The molecular formula is C112H76N6. The van der Waals surface area contributed by atoms with E-state index < -0.39 is 0 Å². The molecule has 0 amide bonds. The Balaban J connectivity index is 0.000000143. The van der Waals surface area contributed by atoms with Crippen LogP contribution in [0.1, 0.15) is 0 Å². The van der Waals surface area contributed by atoms with Gasteiger partial charge in [-0.05, 0) is 213 Å². The first-order valence-electron chi connectivity index (χ1n) is 40.4. The Morgan fingerprint density at radius 1 is 0.136 bits per heavy atom. The van der Waals surface area contributed by atoms with Crippen LogP contribution in [0, 0.1) is 0 Å². The molecule has 19 aromatic carbocycles. The van der Waals surface area contributed by atoms with Crippen molar-refractivity contribution in [1.82, 2.24) is 18.3 Å². The lowest BCUT2D eigenvalue weighted by molar-refractivity contribution is 1.16. The molecule has 4 heterocycles. The van der Waals surface area contributed by atoms with E-state index in [0.717, 1.165) is 56.9 Å². The first kappa shape index (κ1) is 69.0. The quantitative estimate of drug-likeness (QED) is 0.108. The maximum absolute atomic E-state index is 2.39. The first-order chi connectivity index (χ1) is 58.5. The van der Waals surface area contributed by atoms with E-state index in [1.807, 2.05) is 0 Å². The Morgan fingerprint density at radius 3 is 0.686 bits per heavy atom. The summed E-state index contributed by atoms with van der Waals surface area (Å²) in [6.45, 7) is 0. The molecule has 0 saturated heterocycles. The zero-order valence-corrected chi connectivity index (χ0v) is 64.6. The molecule has 0 aliphatic rings. The lowest BCUT2D eigenvalue weighted by Crippen LogP contribution is -2.10. The van der Waals surface area contributed by atoms with Gasteiger partial charge in [-0.2, -0.15) is 0 Å². The molecule has 554 valence electrons. The molecule has 0 atom stereocenters. The van der Waals surface area contributed by atoms with Crippen molar-refractivity contribution in [3.63, 3.8) is 0 Å². The molecule has 0 bridgehead atoms. The summed E-state index contributed by atoms with van der Waals surface area (Å²) < 4.78 is 9.53. The maximum Gasteiger partial charge on any atom is 0.0541 e. The Hall–Kier alpha value is -15.8. The summed E-state index contributed by atoms with van der Waals surface area (Å²) in [6, 6.07) is 167. The molecular weight excluding hydrogens is 1430 g/mol. The van der Waals surface area contributed by atoms with Gasteiger partial charge in [-0.3, -0.25) is 0 Å². The third-order valence-electron chi connectivity index (χ3n) is 23.6. The van der Waals surface area contributed by atoms with E-state index in [-0.39, 0.29) is 0 Å². The Bertz CT molecular complexity index is 7480. The van der Waals surface area contributed by atoms with Gasteiger partial charge in [0.25, 0.3) is 0 Å². The third-order valence-corrected chi connectivity index (χ3v) is 23.6. The lowest BCUT2D eigenvalue weighted by Gasteiger charge is -2.27. The number of nitrogens with zero attached hydrogens (tertiary/aromatic N) is 6. The van der Waals surface area contributed by atoms with Crippen LogP contribution in [0.2, 0.25) is 0 Å². The van der Waals surface area contributed by atoms with Crippen molar-refractivity contribution in [2.75, 3.05) is 9.80 Å². The first-order valence-corrected chi connectivity index (χ1v) is 40.4. The average molecular weight is 1510 g/mol. The van der Waals surface area contributed by atoms with Gasteiger partial charge in [0, 0.05) is 100.0 Å². The fourth-order valence-electron chi connectivity index (χ4n) is 18.2. The summed E-state index contributed by atoms with van der Waals surface area (Å²) in [5, 5.41) is 12.6. The molecule has 0 unspecified atom stereocenters. The lowest BCUT2D eigenvalue weighted by atomic mass is 9.96. The van der Waals surface area contributed by atoms with Crippen LogP contribution in [0.3, 0.4) is 0 Å². The number of rotatable bonds is 14. The normalized spacial score (nSPS) is 11.6. The van der Waals surface area contributed by atoms with Gasteiger partial charge in [0.1, 0.15) is 0 Å². The minimum atomic E-state index is 1.08. The summed E-state index contributed by atoms with van der Waals surface area (Å²) in [6.07, 6.45) is 0. The standard InChI is InChI=1S/C58H39N3.C54H37N3/c1-2-17-49-42(13-1)14-11-22-50(49)43-29-27-40(28-30-43)41-31-33-44(34-32-41)59(45-35-37-46(38-36-45)60-55-23-7-3-18-51(55)52-19-4-8-24-56(52)60)47-15-12-16-48(39-47)61-57-25-9-5-20-53(57)54-21-6-10-26-58(54)61;1-2-13-38(14-3-1)39-25-27-40(28-26-39)41-29-31-42(32-30-41)55(43-33-35-44(36-34-43)56-51-21-8-4-17-47(51)48-18-5-9-22-52(48)56)45-15-12-16-46(37-45)57-53-23-10-6-19-49(53)50-20-7-11-24-54(50)57/h1-39H;1-37H. The van der Waals surface area contributed by atoms with Crippen LogP contribution in [0.25, 0.3) is 165 Å². The molecule has 6 heteroatoms. The molecule has 23 aromatic rings. The van der Waals surface area contributed by atoms with E-state index in [0.29, 0.717) is 0 Å². The van der Waals surface area contributed by atoms with Crippen LogP contribution in [-0.2, 0) is 0 Å². The maximum atomic E-state index is 2.39. The average Bonchev–Trinajstić information content (AvgIpc) is 1.60. The van der Waals surface area contributed by atoms with Gasteiger partial charge in [-0.15, -0.1) is 0 Å². The largest absolute Gasteiger partial charge is 0.310 e. The Kier molecular flexibility index (Phi) is 17.1. The summed E-state index contributed by atoms with van der Waals surface area (Å²) >= 11 is 0. The van der Waals surface area contributed by atoms with Gasteiger partial charge in [-0.1, -0.05) is 303 Å². The van der Waals surface area contributed by atoms with E-state index in [1.165, 1.54) is 143 Å². The predicted molar refractivity (Wildman–Crippen MR) is 499 cm³/mol. The molecule has 0 fully saturated rings. The second-order valence-corrected chi connectivity index (χ2v) is 30.4. The van der Waals surface area contributed by atoms with Crippen LogP contribution in [-0.4, -0.2) is 18.3 Å². The third kappa shape index (κ3) is 12.1. The topological polar surface area (TPSA) is 26.2 Å². The highest BCUT2D eigenvalue weighted by atomic mass is 15.2. The van der Waals surface area contributed by atoms with Crippen molar-refractivity contribution in [2.45, 2.75) is 0 Å². The molecule has 0 radical (unpaired) electrons. The fraction of sp³-hybridized carbons (Fsp3) is 0. The van der Waals surface area contributed by atoms with Crippen LogP contribution in [0.4, 0.5) is 34.1 Å². The van der Waals surface area contributed by atoms with Gasteiger partial charge in [0.15, 0.2) is 0 Å². The molecule has 0 aliphatic carbocycles. The second kappa shape index (κ2) is 29.3. The summed E-state index contributed by atoms with van der Waals surface area (Å²) in [4.78, 5) is 4.75. The van der Waals surface area contributed by atoms with Crippen molar-refractivity contribution >= 4 is 132 Å². The van der Waals surface area contributed by atoms with E-state index >= 15 is 0 Å². The van der Waals surface area contributed by atoms with Gasteiger partial charge >= 0.3 is 0 Å². The highest BCUT2D eigenvalue weighted by molar-refractivity contribution is 6.13. The minimum Gasteiger partial charge on any atom is -0.310 e. The van der Waals surface area contributed by atoms with Crippen molar-refractivity contribution in [1.29, 1.82) is 0 Å². The number of benzene rings is 19. The van der Waals surface area contributed by atoms with Crippen LogP contribution in [0.5, 0.6) is 0 Å². The highest BCUT2D eigenvalue weighted by Crippen LogP contribution is 2.45. The number of aromatic nitrogens is 4. The van der Waals surface area contributed by atoms with Crippen LogP contribution >= 0.6 is 0 Å². The summed E-state index contributed by atoms with van der Waals surface area (Å²) in [7, 11) is 0. The van der Waals surface area contributed by atoms with Crippen molar-refractivity contribution in [2.24, 2.45) is 0 Å². The zero-order chi connectivity index (χ0) is 78.0. The molecule has 23 rings (SSSR count). The molecule has 6 nitrogen and oxygen atoms in total. The second-order valence-electron chi connectivity index (χ2n) is 30.4. The monoisotopic (exact) mass is 1500 g/mol. The van der Waals surface area contributed by atoms with Gasteiger partial charge < -0.3 is 28.1 Å². The van der Waals surface area contributed by atoms with Crippen LogP contribution in [0.15, 0.2) is 461 Å². The van der Waals surface area contributed by atoms with E-state index in [1.54, 1.807) is 0 Å². The fourth-order valence-corrected chi connectivity index (χ4v) is 18.2. The molecule has 0 aliphatic heterocycles. The van der Waals surface area contributed by atoms with E-state index in [9.17, 15) is 0 Å². The SMILES string of the molecule is c1cc(N(c2ccc(-c3ccc(-c4cccc5ccccc45)cc3)cc2)c2ccc(-n3c4ccccc4c4ccccc43)cc2)cc(-n2c3ccccc3c3ccccc32)c1.c1ccc(-c2ccc(-c3ccc(N(c4ccc(-n5c6ccccc6c6ccccc65)cc4)c4cccc(-n5c6ccccc6c6ccccc65)c4)cc3)cc2)cc1. The number of anilines is 6. The molecule has 0 N–H and O–H groups in total. The zero-order valence-electron chi connectivity index (χ0n) is 64.6. The van der Waals surface area contributed by atoms with Crippen LogP contribution < -0.4 is 9.80 Å². The molecule has 0 spiro atoms. The van der Waals surface area contributed by atoms with Crippen molar-refractivity contribution in [3.8, 4) is 67.3 Å². The number of hydrogen-bond acceptors (Lipinski definition) is 2. The molecule has 118 heavy (non-hydrogen) atoms. The highest BCUT2D eigenvalue weighted by Gasteiger charge is 2.22. The molecule has 4 aromatic heterocycles. The number of para-hydroxylation sites is 8. The van der Waals surface area contributed by atoms with Gasteiger partial charge in [0.2, 0.25) is 0 Å². The van der Waals surface area contributed by atoms with Crippen molar-refractivity contribution < 1.29 is 0 Å². The predicted octanol–water partition coefficient (Wildman–Crippen LogP) is 30.5. The van der Waals surface area contributed by atoms with Gasteiger partial charge in [-0.25, -0.2) is 0 Å². The number of hydrogen-bond donors (Lipinski definition) is 0. The summed E-state index contributed by atoms with van der Waals surface area (Å²) in [5.41, 5.74) is 30.2. The van der Waals surface area contributed by atoms with E-state index in [4.69, 9.17) is 0 Å². The minimum absolute atomic E-state index is 1.08. The van der Waals surface area contributed by atoms with E-state index in [2.05, 4.69) is 489 Å². The molecule has 0 saturated carbocycles. The smallest absolute Gasteiger partial charge is 0.0541 e. The Labute approximate surface area is 684 Å². The van der Waals surface area contributed by atoms with Gasteiger partial charge in [0.05, 0.1) is 44.1 Å². The summed E-state index contributed by atoms with van der Waals surface area (Å²) in [5.74, 6) is 0. The number of fused-ring (bicyclic) bond motifs is 13.